The first kappa shape index (κ1) is 19.8. The largest absolute Gasteiger partial charge is 0.446 e. The van der Waals surface area contributed by atoms with Crippen molar-refractivity contribution in [1.82, 2.24) is 9.88 Å². The summed E-state index contributed by atoms with van der Waals surface area (Å²) in [5, 5.41) is 19.0. The van der Waals surface area contributed by atoms with Gasteiger partial charge in [0.25, 0.3) is 0 Å². The summed E-state index contributed by atoms with van der Waals surface area (Å²) in [6.07, 6.45) is 2.16. The van der Waals surface area contributed by atoms with Crippen molar-refractivity contribution >= 4 is 6.09 Å². The summed E-state index contributed by atoms with van der Waals surface area (Å²) in [5.74, 6) is 0. The first-order valence-corrected chi connectivity index (χ1v) is 9.43. The highest BCUT2D eigenvalue weighted by atomic mass is 16.6. The lowest BCUT2D eigenvalue weighted by Gasteiger charge is -2.37. The van der Waals surface area contributed by atoms with Crippen molar-refractivity contribution in [3.63, 3.8) is 0 Å². The predicted molar refractivity (Wildman–Crippen MR) is 105 cm³/mol. The third-order valence-corrected chi connectivity index (χ3v) is 4.97. The molecule has 146 valence electrons. The Kier molecular flexibility index (Phi) is 5.66. The van der Waals surface area contributed by atoms with Crippen LogP contribution < -0.4 is 0 Å². The zero-order valence-corrected chi connectivity index (χ0v) is 16.4. The molecule has 1 aliphatic heterocycles. The Bertz CT molecular complexity index is 881. The molecule has 1 N–H and O–H groups in total. The zero-order chi connectivity index (χ0) is 20.3. The molecular weight excluding hydrogens is 354 g/mol. The lowest BCUT2D eigenvalue weighted by atomic mass is 9.97. The minimum Gasteiger partial charge on any atom is -0.446 e. The number of carbonyl (C=O) groups excluding carboxylic acids is 1. The number of aromatic nitrogens is 1. The second-order valence-electron chi connectivity index (χ2n) is 7.84. The van der Waals surface area contributed by atoms with Crippen molar-refractivity contribution in [1.29, 1.82) is 5.26 Å². The average molecular weight is 379 g/mol. The predicted octanol–water partition coefficient (Wildman–Crippen LogP) is 4.05. The van der Waals surface area contributed by atoms with E-state index < -0.39 is 5.60 Å². The second kappa shape index (κ2) is 7.99. The second-order valence-corrected chi connectivity index (χ2v) is 7.84. The van der Waals surface area contributed by atoms with Crippen molar-refractivity contribution in [2.45, 2.75) is 51.4 Å². The van der Waals surface area contributed by atoms with Crippen molar-refractivity contribution in [3.8, 4) is 17.3 Å². The highest BCUT2D eigenvalue weighted by Gasteiger charge is 2.33. The van der Waals surface area contributed by atoms with Gasteiger partial charge in [0, 0.05) is 31.1 Å². The SMILES string of the molecule is CC(c1ccc(-c2cc(C#N)ccn2)cc1)N1CCC(CC(C)(C)O)OC1=O. The van der Waals surface area contributed by atoms with Gasteiger partial charge in [-0.2, -0.15) is 5.26 Å². The fraction of sp³-hybridized carbons (Fsp3) is 0.409. The third kappa shape index (κ3) is 4.68. The minimum atomic E-state index is -0.856. The number of nitriles is 1. The van der Waals surface area contributed by atoms with E-state index in [0.29, 0.717) is 24.9 Å². The maximum absolute atomic E-state index is 12.4. The van der Waals surface area contributed by atoms with Gasteiger partial charge in [0.15, 0.2) is 0 Å². The van der Waals surface area contributed by atoms with Crippen molar-refractivity contribution in [2.24, 2.45) is 0 Å². The van der Waals surface area contributed by atoms with Crippen LogP contribution in [0.2, 0.25) is 0 Å². The van der Waals surface area contributed by atoms with Gasteiger partial charge >= 0.3 is 6.09 Å². The Morgan fingerprint density at radius 3 is 2.68 bits per heavy atom. The highest BCUT2D eigenvalue weighted by Crippen LogP contribution is 2.29. The van der Waals surface area contributed by atoms with Crippen molar-refractivity contribution in [2.75, 3.05) is 6.54 Å². The molecular formula is C22H25N3O3. The number of hydrogen-bond donors (Lipinski definition) is 1. The van der Waals surface area contributed by atoms with Crippen LogP contribution in [-0.2, 0) is 4.74 Å². The van der Waals surface area contributed by atoms with Crippen molar-refractivity contribution in [3.05, 3.63) is 53.7 Å². The molecule has 2 unspecified atom stereocenters. The molecule has 6 heteroatoms. The van der Waals surface area contributed by atoms with Crippen LogP contribution in [0.3, 0.4) is 0 Å². The highest BCUT2D eigenvalue weighted by molar-refractivity contribution is 5.69. The number of pyridine rings is 1. The molecule has 0 spiro atoms. The van der Waals surface area contributed by atoms with E-state index >= 15 is 0 Å². The molecule has 1 fully saturated rings. The number of aliphatic hydroxyl groups is 1. The van der Waals surface area contributed by atoms with Gasteiger partial charge in [0.1, 0.15) is 6.10 Å². The van der Waals surface area contributed by atoms with E-state index in [-0.39, 0.29) is 18.2 Å². The zero-order valence-electron chi connectivity index (χ0n) is 16.4. The number of cyclic esters (lactones) is 1. The number of amides is 1. The number of benzene rings is 1. The van der Waals surface area contributed by atoms with Crippen LogP contribution in [-0.4, -0.2) is 39.3 Å². The standard InChI is InChI=1S/C22H25N3O3/c1-15(25-11-9-19(28-21(25)26)13-22(2,3)27)17-4-6-18(7-5-17)20-12-16(14-23)8-10-24-20/h4-8,10,12,15,19,27H,9,11,13H2,1-3H3. The van der Waals surface area contributed by atoms with E-state index in [1.165, 1.54) is 0 Å². The molecule has 2 heterocycles. The molecule has 0 saturated carbocycles. The molecule has 2 aromatic rings. The van der Waals surface area contributed by atoms with Crippen LogP contribution in [0, 0.1) is 11.3 Å². The summed E-state index contributed by atoms with van der Waals surface area (Å²) in [4.78, 5) is 18.5. The Labute approximate surface area is 165 Å². The van der Waals surface area contributed by atoms with Crippen LogP contribution in [0.25, 0.3) is 11.3 Å². The molecule has 1 aromatic carbocycles. The molecule has 1 aromatic heterocycles. The first-order valence-electron chi connectivity index (χ1n) is 9.43. The van der Waals surface area contributed by atoms with Gasteiger partial charge in [-0.05, 0) is 38.5 Å². The number of rotatable bonds is 5. The molecule has 2 atom stereocenters. The molecule has 0 bridgehead atoms. The summed E-state index contributed by atoms with van der Waals surface area (Å²) in [7, 11) is 0. The van der Waals surface area contributed by atoms with Gasteiger partial charge in [-0.3, -0.25) is 4.98 Å². The van der Waals surface area contributed by atoms with Gasteiger partial charge in [-0.1, -0.05) is 24.3 Å². The molecule has 6 nitrogen and oxygen atoms in total. The third-order valence-electron chi connectivity index (χ3n) is 4.97. The maximum atomic E-state index is 12.4. The average Bonchev–Trinajstić information content (AvgIpc) is 2.66. The molecule has 28 heavy (non-hydrogen) atoms. The van der Waals surface area contributed by atoms with E-state index in [0.717, 1.165) is 16.8 Å². The Morgan fingerprint density at radius 2 is 2.07 bits per heavy atom. The Morgan fingerprint density at radius 1 is 1.36 bits per heavy atom. The van der Waals surface area contributed by atoms with Gasteiger partial charge in [0.2, 0.25) is 0 Å². The molecule has 3 rings (SSSR count). The normalized spacial score (nSPS) is 18.3. The summed E-state index contributed by atoms with van der Waals surface area (Å²) in [6.45, 7) is 6.01. The minimum absolute atomic E-state index is 0.122. The van der Waals surface area contributed by atoms with E-state index in [1.54, 1.807) is 37.1 Å². The Hall–Kier alpha value is -2.91. The summed E-state index contributed by atoms with van der Waals surface area (Å²) in [6, 6.07) is 13.3. The molecule has 1 amide bonds. The number of nitrogens with zero attached hydrogens (tertiary/aromatic N) is 3. The first-order chi connectivity index (χ1) is 13.3. The monoisotopic (exact) mass is 379 g/mol. The summed E-state index contributed by atoms with van der Waals surface area (Å²) >= 11 is 0. The van der Waals surface area contributed by atoms with Gasteiger partial charge in [0.05, 0.1) is 29.0 Å². The van der Waals surface area contributed by atoms with E-state index in [4.69, 9.17) is 10.00 Å². The van der Waals surface area contributed by atoms with E-state index in [9.17, 15) is 9.90 Å². The van der Waals surface area contributed by atoms with Crippen LogP contribution in [0.5, 0.6) is 0 Å². The van der Waals surface area contributed by atoms with Gasteiger partial charge < -0.3 is 14.7 Å². The Balaban J connectivity index is 1.69. The lowest BCUT2D eigenvalue weighted by Crippen LogP contribution is -2.45. The van der Waals surface area contributed by atoms with Gasteiger partial charge in [-0.25, -0.2) is 4.79 Å². The van der Waals surface area contributed by atoms with Crippen LogP contribution in [0.1, 0.15) is 50.8 Å². The van der Waals surface area contributed by atoms with Crippen LogP contribution in [0.4, 0.5) is 4.79 Å². The van der Waals surface area contributed by atoms with Crippen LogP contribution >= 0.6 is 0 Å². The lowest BCUT2D eigenvalue weighted by molar-refractivity contribution is -0.0309. The molecule has 0 aliphatic carbocycles. The number of hydrogen-bond acceptors (Lipinski definition) is 5. The number of carbonyl (C=O) groups is 1. The van der Waals surface area contributed by atoms with E-state index in [2.05, 4.69) is 11.1 Å². The van der Waals surface area contributed by atoms with Gasteiger partial charge in [-0.15, -0.1) is 0 Å². The van der Waals surface area contributed by atoms with E-state index in [1.807, 2.05) is 31.2 Å². The summed E-state index contributed by atoms with van der Waals surface area (Å²) < 4.78 is 5.52. The molecule has 1 aliphatic rings. The smallest absolute Gasteiger partial charge is 0.410 e. The maximum Gasteiger partial charge on any atom is 0.410 e. The fourth-order valence-electron chi connectivity index (χ4n) is 3.47. The number of ether oxygens (including phenoxy) is 1. The van der Waals surface area contributed by atoms with Crippen LogP contribution in [0.15, 0.2) is 42.6 Å². The van der Waals surface area contributed by atoms with Crippen molar-refractivity contribution < 1.29 is 14.6 Å². The topological polar surface area (TPSA) is 86.5 Å². The fourth-order valence-corrected chi connectivity index (χ4v) is 3.47. The summed E-state index contributed by atoms with van der Waals surface area (Å²) in [5.41, 5.74) is 2.37. The molecule has 1 saturated heterocycles. The molecule has 0 radical (unpaired) electrons. The quantitative estimate of drug-likeness (QED) is 0.847.